The highest BCUT2D eigenvalue weighted by Crippen LogP contribution is 2.23. The number of hydrogen-bond acceptors (Lipinski definition) is 2. The van der Waals surface area contributed by atoms with Crippen molar-refractivity contribution in [2.24, 2.45) is 0 Å². The van der Waals surface area contributed by atoms with Crippen LogP contribution in [-0.2, 0) is 11.3 Å². The molecule has 1 rings (SSSR count). The van der Waals surface area contributed by atoms with E-state index < -0.39 is 18.3 Å². The third-order valence-electron chi connectivity index (χ3n) is 2.56. The van der Waals surface area contributed by atoms with Crippen LogP contribution in [0.3, 0.4) is 0 Å². The number of alkyl halides is 3. The first kappa shape index (κ1) is 16.1. The van der Waals surface area contributed by atoms with Crippen molar-refractivity contribution in [2.75, 3.05) is 0 Å². The van der Waals surface area contributed by atoms with Crippen LogP contribution in [0.4, 0.5) is 18.0 Å². The Labute approximate surface area is 115 Å². The van der Waals surface area contributed by atoms with E-state index in [0.29, 0.717) is 5.56 Å². The second-order valence-electron chi connectivity index (χ2n) is 4.17. The minimum Gasteiger partial charge on any atom is -0.445 e. The molecule has 0 aromatic heterocycles. The molecule has 20 heavy (non-hydrogen) atoms. The van der Waals surface area contributed by atoms with Crippen LogP contribution >= 0.6 is 0 Å². The molecular weight excluding hydrogens is 271 g/mol. The highest BCUT2D eigenvalue weighted by Gasteiger charge is 2.40. The topological polar surface area (TPSA) is 38.3 Å². The molecule has 1 aromatic rings. The monoisotopic (exact) mass is 287 g/mol. The lowest BCUT2D eigenvalue weighted by atomic mass is 10.1. The van der Waals surface area contributed by atoms with Crippen molar-refractivity contribution in [1.82, 2.24) is 5.32 Å². The van der Waals surface area contributed by atoms with Crippen LogP contribution in [0.2, 0.25) is 0 Å². The van der Waals surface area contributed by atoms with Gasteiger partial charge in [-0.25, -0.2) is 4.79 Å². The summed E-state index contributed by atoms with van der Waals surface area (Å²) < 4.78 is 42.7. The smallest absolute Gasteiger partial charge is 0.408 e. The zero-order valence-corrected chi connectivity index (χ0v) is 10.8. The van der Waals surface area contributed by atoms with Gasteiger partial charge in [0.25, 0.3) is 0 Å². The van der Waals surface area contributed by atoms with Crippen molar-refractivity contribution in [3.63, 3.8) is 0 Å². The summed E-state index contributed by atoms with van der Waals surface area (Å²) in [5, 5.41) is 1.83. The number of carbonyl (C=O) groups is 1. The molecule has 1 N–H and O–H groups in total. The molecule has 1 amide bonds. The van der Waals surface area contributed by atoms with E-state index in [1.807, 2.05) is 5.32 Å². The molecule has 0 aliphatic heterocycles. The number of amides is 1. The molecule has 0 saturated carbocycles. The summed E-state index contributed by atoms with van der Waals surface area (Å²) in [6.45, 7) is 3.29. The van der Waals surface area contributed by atoms with Gasteiger partial charge < -0.3 is 10.1 Å². The van der Waals surface area contributed by atoms with E-state index in [-0.39, 0.29) is 19.4 Å². The number of allylic oxidation sites excluding steroid dienone is 1. The van der Waals surface area contributed by atoms with Crippen LogP contribution in [0.25, 0.3) is 0 Å². The predicted molar refractivity (Wildman–Crippen MR) is 69.0 cm³/mol. The molecule has 0 spiro atoms. The average molecular weight is 287 g/mol. The normalized spacial score (nSPS) is 12.6. The van der Waals surface area contributed by atoms with Crippen molar-refractivity contribution in [1.29, 1.82) is 0 Å². The van der Waals surface area contributed by atoms with Crippen LogP contribution in [0.15, 0.2) is 43.0 Å². The Bertz CT molecular complexity index is 432. The quantitative estimate of drug-likeness (QED) is 0.808. The highest BCUT2D eigenvalue weighted by molar-refractivity contribution is 5.67. The van der Waals surface area contributed by atoms with E-state index in [0.717, 1.165) is 0 Å². The maximum atomic E-state index is 12.7. The summed E-state index contributed by atoms with van der Waals surface area (Å²) >= 11 is 0. The number of ether oxygens (including phenoxy) is 1. The third-order valence-corrected chi connectivity index (χ3v) is 2.56. The number of halogens is 3. The van der Waals surface area contributed by atoms with Crippen LogP contribution < -0.4 is 5.32 Å². The Morgan fingerprint density at radius 3 is 2.55 bits per heavy atom. The van der Waals surface area contributed by atoms with Crippen molar-refractivity contribution in [3.8, 4) is 0 Å². The van der Waals surface area contributed by atoms with Crippen LogP contribution in [0, 0.1) is 0 Å². The van der Waals surface area contributed by atoms with Crippen molar-refractivity contribution in [2.45, 2.75) is 31.7 Å². The summed E-state index contributed by atoms with van der Waals surface area (Å²) in [5.74, 6) is 0. The van der Waals surface area contributed by atoms with E-state index in [9.17, 15) is 18.0 Å². The minimum atomic E-state index is -4.51. The molecule has 0 fully saturated rings. The molecule has 1 aromatic carbocycles. The van der Waals surface area contributed by atoms with Crippen LogP contribution in [0.1, 0.15) is 18.4 Å². The molecule has 0 aliphatic rings. The number of alkyl carbamates (subject to hydrolysis) is 1. The molecule has 6 heteroatoms. The largest absolute Gasteiger partial charge is 0.445 e. The van der Waals surface area contributed by atoms with E-state index in [2.05, 4.69) is 6.58 Å². The molecule has 110 valence electrons. The van der Waals surface area contributed by atoms with Gasteiger partial charge in [0.1, 0.15) is 12.6 Å². The summed E-state index contributed by atoms with van der Waals surface area (Å²) in [6, 6.07) is 6.79. The van der Waals surface area contributed by atoms with Gasteiger partial charge in [0.2, 0.25) is 0 Å². The zero-order chi connectivity index (χ0) is 15.0. The first-order chi connectivity index (χ1) is 9.43. The van der Waals surface area contributed by atoms with E-state index in [1.165, 1.54) is 6.08 Å². The Hall–Kier alpha value is -1.98. The van der Waals surface area contributed by atoms with Gasteiger partial charge >= 0.3 is 12.3 Å². The Kier molecular flexibility index (Phi) is 6.09. The first-order valence-corrected chi connectivity index (χ1v) is 6.08. The SMILES string of the molecule is C=CCC[C@@H](NC(=O)OCc1ccccc1)C(F)(F)F. The minimum absolute atomic E-state index is 0.0707. The van der Waals surface area contributed by atoms with Crippen LogP contribution in [0.5, 0.6) is 0 Å². The van der Waals surface area contributed by atoms with Gasteiger partial charge in [-0.15, -0.1) is 6.58 Å². The van der Waals surface area contributed by atoms with Crippen molar-refractivity contribution >= 4 is 6.09 Å². The molecule has 0 bridgehead atoms. The standard InChI is InChI=1S/C14H16F3NO2/c1-2-3-9-12(14(15,16)17)18-13(19)20-10-11-7-5-4-6-8-11/h2,4-8,12H,1,3,9-10H2,(H,18,19)/t12-/m1/s1. The zero-order valence-electron chi connectivity index (χ0n) is 10.8. The molecule has 0 heterocycles. The fourth-order valence-corrected chi connectivity index (χ4v) is 1.51. The Morgan fingerprint density at radius 2 is 2.00 bits per heavy atom. The number of hydrogen-bond donors (Lipinski definition) is 1. The highest BCUT2D eigenvalue weighted by atomic mass is 19.4. The van der Waals surface area contributed by atoms with Gasteiger partial charge in [-0.1, -0.05) is 36.4 Å². The lowest BCUT2D eigenvalue weighted by Gasteiger charge is -2.20. The van der Waals surface area contributed by atoms with Crippen molar-refractivity contribution < 1.29 is 22.7 Å². The molecule has 0 saturated heterocycles. The molecule has 0 aliphatic carbocycles. The predicted octanol–water partition coefficient (Wildman–Crippen LogP) is 3.81. The summed E-state index contributed by atoms with van der Waals surface area (Å²) in [4.78, 5) is 11.4. The summed E-state index contributed by atoms with van der Waals surface area (Å²) in [5.41, 5.74) is 0.706. The maximum Gasteiger partial charge on any atom is 0.408 e. The van der Waals surface area contributed by atoms with Gasteiger partial charge in [-0.05, 0) is 18.4 Å². The molecule has 1 atom stereocenters. The lowest BCUT2D eigenvalue weighted by Crippen LogP contribution is -2.45. The second-order valence-corrected chi connectivity index (χ2v) is 4.17. The number of nitrogens with one attached hydrogen (secondary N) is 1. The van der Waals surface area contributed by atoms with Gasteiger partial charge in [0, 0.05) is 0 Å². The first-order valence-electron chi connectivity index (χ1n) is 6.08. The van der Waals surface area contributed by atoms with Gasteiger partial charge in [0.05, 0.1) is 0 Å². The Balaban J connectivity index is 2.47. The lowest BCUT2D eigenvalue weighted by molar-refractivity contribution is -0.155. The van der Waals surface area contributed by atoms with Gasteiger partial charge in [0.15, 0.2) is 0 Å². The fourth-order valence-electron chi connectivity index (χ4n) is 1.51. The molecule has 0 unspecified atom stereocenters. The van der Waals surface area contributed by atoms with E-state index in [1.54, 1.807) is 30.3 Å². The number of carbonyl (C=O) groups excluding carboxylic acids is 1. The second kappa shape index (κ2) is 7.57. The summed E-state index contributed by atoms with van der Waals surface area (Å²) in [6.07, 6.45) is -4.32. The number of benzene rings is 1. The molecule has 3 nitrogen and oxygen atoms in total. The average Bonchev–Trinajstić information content (AvgIpc) is 2.41. The van der Waals surface area contributed by atoms with Gasteiger partial charge in [-0.3, -0.25) is 0 Å². The molecular formula is C14H16F3NO2. The fraction of sp³-hybridized carbons (Fsp3) is 0.357. The molecule has 0 radical (unpaired) electrons. The number of rotatable bonds is 6. The van der Waals surface area contributed by atoms with Gasteiger partial charge in [-0.2, -0.15) is 13.2 Å². The van der Waals surface area contributed by atoms with E-state index in [4.69, 9.17) is 4.74 Å². The third kappa shape index (κ3) is 5.77. The summed E-state index contributed by atoms with van der Waals surface area (Å²) in [7, 11) is 0. The maximum absolute atomic E-state index is 12.7. The Morgan fingerprint density at radius 1 is 1.35 bits per heavy atom. The van der Waals surface area contributed by atoms with Crippen LogP contribution in [-0.4, -0.2) is 18.3 Å². The van der Waals surface area contributed by atoms with Crippen molar-refractivity contribution in [3.05, 3.63) is 48.6 Å². The van der Waals surface area contributed by atoms with E-state index >= 15 is 0 Å².